The Morgan fingerprint density at radius 3 is 2.29 bits per heavy atom. The average Bonchev–Trinajstić information content (AvgIpc) is 2.75. The van der Waals surface area contributed by atoms with Gasteiger partial charge in [0, 0.05) is 37.9 Å². The molecule has 1 aliphatic heterocycles. The van der Waals surface area contributed by atoms with Gasteiger partial charge in [-0.05, 0) is 31.2 Å². The molecule has 28 heavy (non-hydrogen) atoms. The van der Waals surface area contributed by atoms with Crippen LogP contribution in [0.4, 0.5) is 5.82 Å². The lowest BCUT2D eigenvalue weighted by atomic mass is 10.1. The number of hydrogen-bond donors (Lipinski definition) is 0. The molecule has 1 fully saturated rings. The molecule has 1 aliphatic rings. The molecule has 3 heterocycles. The molecule has 4 rings (SSSR count). The van der Waals surface area contributed by atoms with Gasteiger partial charge in [0.15, 0.2) is 5.82 Å². The van der Waals surface area contributed by atoms with Crippen LogP contribution in [0.25, 0.3) is 11.3 Å². The van der Waals surface area contributed by atoms with E-state index >= 15 is 0 Å². The van der Waals surface area contributed by atoms with Gasteiger partial charge < -0.3 is 9.80 Å². The van der Waals surface area contributed by atoms with Gasteiger partial charge in [0.2, 0.25) is 0 Å². The number of carbonyl (C=O) groups is 1. The minimum absolute atomic E-state index is 0.0235. The number of anilines is 1. The zero-order valence-corrected chi connectivity index (χ0v) is 16.3. The summed E-state index contributed by atoms with van der Waals surface area (Å²) in [6, 6.07) is 15.6. The monoisotopic (exact) mass is 393 g/mol. The first-order valence-electron chi connectivity index (χ1n) is 9.17. The van der Waals surface area contributed by atoms with Gasteiger partial charge in [-0.2, -0.15) is 0 Å². The van der Waals surface area contributed by atoms with Crippen molar-refractivity contribution in [1.29, 1.82) is 0 Å². The van der Waals surface area contributed by atoms with E-state index in [1.807, 2.05) is 17.0 Å². The van der Waals surface area contributed by atoms with Crippen LogP contribution in [0, 0.1) is 6.92 Å². The second-order valence-corrected chi connectivity index (χ2v) is 7.18. The first-order valence-corrected chi connectivity index (χ1v) is 9.54. The van der Waals surface area contributed by atoms with Crippen LogP contribution in [0.1, 0.15) is 15.9 Å². The van der Waals surface area contributed by atoms with Gasteiger partial charge in [0.25, 0.3) is 5.91 Å². The lowest BCUT2D eigenvalue weighted by molar-refractivity contribution is 0.0746. The Labute approximate surface area is 168 Å². The number of hydrogen-bond acceptors (Lipinski definition) is 5. The summed E-state index contributed by atoms with van der Waals surface area (Å²) >= 11 is 5.79. The standard InChI is InChI=1S/C21H20ClN5O/c1-15-2-4-16(5-3-15)18-7-9-20(25-24-18)26-10-12-27(13-11-26)21(28)17-6-8-19(22)23-14-17/h2-9,14H,10-13H2,1H3. The molecular formula is C21H20ClN5O. The lowest BCUT2D eigenvalue weighted by Gasteiger charge is -2.35. The van der Waals surface area contributed by atoms with E-state index in [0.29, 0.717) is 36.9 Å². The highest BCUT2D eigenvalue weighted by Gasteiger charge is 2.23. The quantitative estimate of drug-likeness (QED) is 0.637. The molecule has 0 atom stereocenters. The number of pyridine rings is 1. The Kier molecular flexibility index (Phi) is 5.21. The Morgan fingerprint density at radius 2 is 1.68 bits per heavy atom. The van der Waals surface area contributed by atoms with Crippen LogP contribution in [0.3, 0.4) is 0 Å². The van der Waals surface area contributed by atoms with Crippen molar-refractivity contribution in [2.45, 2.75) is 6.92 Å². The molecule has 0 saturated carbocycles. The van der Waals surface area contributed by atoms with Crippen LogP contribution < -0.4 is 4.90 Å². The third-order valence-electron chi connectivity index (χ3n) is 4.86. The molecule has 1 aromatic carbocycles. The summed E-state index contributed by atoms with van der Waals surface area (Å²) in [5.41, 5.74) is 3.68. The number of amides is 1. The van der Waals surface area contributed by atoms with Gasteiger partial charge in [-0.1, -0.05) is 41.4 Å². The second-order valence-electron chi connectivity index (χ2n) is 6.79. The SMILES string of the molecule is Cc1ccc(-c2ccc(N3CCN(C(=O)c4ccc(Cl)nc4)CC3)nn2)cc1. The molecule has 1 saturated heterocycles. The second kappa shape index (κ2) is 7.94. The largest absolute Gasteiger partial charge is 0.352 e. The van der Waals surface area contributed by atoms with Crippen LogP contribution in [-0.4, -0.2) is 52.2 Å². The predicted molar refractivity (Wildman–Crippen MR) is 110 cm³/mol. The van der Waals surface area contributed by atoms with Crippen molar-refractivity contribution in [3.8, 4) is 11.3 Å². The molecule has 2 aromatic heterocycles. The van der Waals surface area contributed by atoms with Crippen molar-refractivity contribution < 1.29 is 4.79 Å². The van der Waals surface area contributed by atoms with Gasteiger partial charge in [-0.15, -0.1) is 10.2 Å². The van der Waals surface area contributed by atoms with Crippen LogP contribution in [0.2, 0.25) is 5.15 Å². The van der Waals surface area contributed by atoms with Crippen molar-refractivity contribution in [2.75, 3.05) is 31.1 Å². The number of carbonyl (C=O) groups excluding carboxylic acids is 1. The van der Waals surface area contributed by atoms with E-state index in [-0.39, 0.29) is 5.91 Å². The van der Waals surface area contributed by atoms with E-state index in [0.717, 1.165) is 17.1 Å². The van der Waals surface area contributed by atoms with Crippen molar-refractivity contribution in [3.63, 3.8) is 0 Å². The Morgan fingerprint density at radius 1 is 0.929 bits per heavy atom. The van der Waals surface area contributed by atoms with Crippen LogP contribution in [-0.2, 0) is 0 Å². The minimum atomic E-state index is -0.0235. The zero-order chi connectivity index (χ0) is 19.5. The van der Waals surface area contributed by atoms with Crippen LogP contribution in [0.15, 0.2) is 54.7 Å². The molecule has 3 aromatic rings. The summed E-state index contributed by atoms with van der Waals surface area (Å²) in [7, 11) is 0. The summed E-state index contributed by atoms with van der Waals surface area (Å²) in [6.45, 7) is 4.74. The third-order valence-corrected chi connectivity index (χ3v) is 5.09. The molecule has 6 nitrogen and oxygen atoms in total. The average molecular weight is 394 g/mol. The van der Waals surface area contributed by atoms with E-state index in [2.05, 4.69) is 51.3 Å². The molecule has 0 aliphatic carbocycles. The predicted octanol–water partition coefficient (Wildman–Crippen LogP) is 3.46. The molecule has 0 bridgehead atoms. The third kappa shape index (κ3) is 3.97. The molecular weight excluding hydrogens is 374 g/mol. The van der Waals surface area contributed by atoms with E-state index < -0.39 is 0 Å². The van der Waals surface area contributed by atoms with E-state index in [1.54, 1.807) is 12.1 Å². The maximum atomic E-state index is 12.6. The number of nitrogens with zero attached hydrogens (tertiary/aromatic N) is 5. The van der Waals surface area contributed by atoms with Gasteiger partial charge in [-0.25, -0.2) is 4.98 Å². The molecule has 0 N–H and O–H groups in total. The van der Waals surface area contributed by atoms with Crippen molar-refractivity contribution in [2.24, 2.45) is 0 Å². The van der Waals surface area contributed by atoms with E-state index in [1.165, 1.54) is 11.8 Å². The first kappa shape index (κ1) is 18.4. The molecule has 0 spiro atoms. The fourth-order valence-electron chi connectivity index (χ4n) is 3.20. The molecule has 0 radical (unpaired) electrons. The number of aryl methyl sites for hydroxylation is 1. The minimum Gasteiger partial charge on any atom is -0.352 e. The summed E-state index contributed by atoms with van der Waals surface area (Å²) in [5, 5.41) is 9.14. The van der Waals surface area contributed by atoms with Crippen molar-refractivity contribution >= 4 is 23.3 Å². The summed E-state index contributed by atoms with van der Waals surface area (Å²) < 4.78 is 0. The summed E-state index contributed by atoms with van der Waals surface area (Å²) in [4.78, 5) is 20.5. The summed E-state index contributed by atoms with van der Waals surface area (Å²) in [6.07, 6.45) is 1.52. The van der Waals surface area contributed by atoms with Crippen molar-refractivity contribution in [1.82, 2.24) is 20.1 Å². The Balaban J connectivity index is 1.39. The van der Waals surface area contributed by atoms with Gasteiger partial charge >= 0.3 is 0 Å². The number of halogens is 1. The van der Waals surface area contributed by atoms with Crippen LogP contribution >= 0.6 is 11.6 Å². The van der Waals surface area contributed by atoms with Gasteiger partial charge in [-0.3, -0.25) is 4.79 Å². The molecule has 0 unspecified atom stereocenters. The number of benzene rings is 1. The number of aromatic nitrogens is 3. The van der Waals surface area contributed by atoms with E-state index in [9.17, 15) is 4.79 Å². The molecule has 142 valence electrons. The zero-order valence-electron chi connectivity index (χ0n) is 15.5. The lowest BCUT2D eigenvalue weighted by Crippen LogP contribution is -2.49. The smallest absolute Gasteiger partial charge is 0.255 e. The van der Waals surface area contributed by atoms with E-state index in [4.69, 9.17) is 11.6 Å². The number of rotatable bonds is 3. The maximum Gasteiger partial charge on any atom is 0.255 e. The molecule has 7 heteroatoms. The highest BCUT2D eigenvalue weighted by molar-refractivity contribution is 6.29. The highest BCUT2D eigenvalue weighted by atomic mass is 35.5. The number of piperazine rings is 1. The van der Waals surface area contributed by atoms with Crippen molar-refractivity contribution in [3.05, 3.63) is 71.0 Å². The Hall–Kier alpha value is -2.99. The topological polar surface area (TPSA) is 62.2 Å². The Bertz CT molecular complexity index is 950. The fraction of sp³-hybridized carbons (Fsp3) is 0.238. The van der Waals surface area contributed by atoms with Crippen LogP contribution in [0.5, 0.6) is 0 Å². The normalized spacial score (nSPS) is 14.2. The summed E-state index contributed by atoms with van der Waals surface area (Å²) in [5.74, 6) is 0.806. The fourth-order valence-corrected chi connectivity index (χ4v) is 3.31. The first-order chi connectivity index (χ1) is 13.6. The molecule has 1 amide bonds. The maximum absolute atomic E-state index is 12.6. The van der Waals surface area contributed by atoms with Gasteiger partial charge in [0.05, 0.1) is 11.3 Å². The van der Waals surface area contributed by atoms with Gasteiger partial charge in [0.1, 0.15) is 5.15 Å². The highest BCUT2D eigenvalue weighted by Crippen LogP contribution is 2.20.